The average molecular weight is 362 g/mol. The van der Waals surface area contributed by atoms with Crippen molar-refractivity contribution in [3.8, 4) is 5.75 Å². The van der Waals surface area contributed by atoms with Gasteiger partial charge in [0.15, 0.2) is 0 Å². The normalized spacial score (nSPS) is 12.3. The Balaban J connectivity index is 2.44. The molecule has 0 aliphatic carbocycles. The maximum absolute atomic E-state index is 10.4. The van der Waals surface area contributed by atoms with E-state index in [9.17, 15) is 5.11 Å². The van der Waals surface area contributed by atoms with Crippen molar-refractivity contribution in [2.45, 2.75) is 6.10 Å². The van der Waals surface area contributed by atoms with Crippen molar-refractivity contribution in [3.05, 3.63) is 62.0 Å². The molecule has 1 unspecified atom stereocenters. The third kappa shape index (κ3) is 3.06. The maximum atomic E-state index is 10.4. The predicted molar refractivity (Wildman–Crippen MR) is 81.2 cm³/mol. The van der Waals surface area contributed by atoms with Gasteiger partial charge in [0.05, 0.1) is 17.2 Å². The Bertz CT molecular complexity index is 602. The Kier molecular flexibility index (Phi) is 4.74. The Morgan fingerprint density at radius 3 is 2.53 bits per heavy atom. The second-order valence-corrected chi connectivity index (χ2v) is 5.57. The predicted octanol–water partition coefficient (Wildman–Crippen LogP) is 4.85. The zero-order valence-electron chi connectivity index (χ0n) is 10.0. The number of benzene rings is 2. The molecule has 0 spiro atoms. The Labute approximate surface area is 130 Å². The maximum Gasteiger partial charge on any atom is 0.120 e. The molecule has 5 heteroatoms. The van der Waals surface area contributed by atoms with Crippen LogP contribution in [-0.2, 0) is 0 Å². The lowest BCUT2D eigenvalue weighted by Crippen LogP contribution is -2.02. The van der Waals surface area contributed by atoms with E-state index in [-0.39, 0.29) is 0 Å². The Morgan fingerprint density at radius 2 is 1.89 bits per heavy atom. The van der Waals surface area contributed by atoms with Crippen LogP contribution in [0.2, 0.25) is 10.0 Å². The van der Waals surface area contributed by atoms with E-state index in [1.54, 1.807) is 43.5 Å². The van der Waals surface area contributed by atoms with Crippen molar-refractivity contribution in [1.82, 2.24) is 0 Å². The van der Waals surface area contributed by atoms with Crippen molar-refractivity contribution in [2.24, 2.45) is 0 Å². The molecular formula is C14H11BrCl2O2. The van der Waals surface area contributed by atoms with Crippen LogP contribution >= 0.6 is 39.1 Å². The first kappa shape index (κ1) is 14.7. The van der Waals surface area contributed by atoms with E-state index in [0.29, 0.717) is 26.9 Å². The number of rotatable bonds is 3. The highest BCUT2D eigenvalue weighted by molar-refractivity contribution is 9.10. The molecule has 2 nitrogen and oxygen atoms in total. The number of aliphatic hydroxyl groups is 1. The highest BCUT2D eigenvalue weighted by Gasteiger charge is 2.18. The van der Waals surface area contributed by atoms with Gasteiger partial charge in [0.25, 0.3) is 0 Å². The first-order chi connectivity index (χ1) is 9.04. The lowest BCUT2D eigenvalue weighted by molar-refractivity contribution is 0.219. The smallest absolute Gasteiger partial charge is 0.120 e. The van der Waals surface area contributed by atoms with Crippen molar-refractivity contribution in [2.75, 3.05) is 7.11 Å². The van der Waals surface area contributed by atoms with Gasteiger partial charge in [-0.25, -0.2) is 0 Å². The number of aliphatic hydroxyl groups excluding tert-OH is 1. The molecule has 1 N–H and O–H groups in total. The highest BCUT2D eigenvalue weighted by atomic mass is 79.9. The van der Waals surface area contributed by atoms with Crippen molar-refractivity contribution < 1.29 is 9.84 Å². The van der Waals surface area contributed by atoms with Gasteiger partial charge in [-0.3, -0.25) is 0 Å². The van der Waals surface area contributed by atoms with Crippen LogP contribution in [0.4, 0.5) is 0 Å². The van der Waals surface area contributed by atoms with E-state index in [2.05, 4.69) is 15.9 Å². The quantitative estimate of drug-likeness (QED) is 0.846. The topological polar surface area (TPSA) is 29.5 Å². The molecule has 0 aliphatic rings. The number of methoxy groups -OCH3 is 1. The minimum atomic E-state index is -0.855. The van der Waals surface area contributed by atoms with Crippen LogP contribution in [0.25, 0.3) is 0 Å². The molecule has 2 rings (SSSR count). The summed E-state index contributed by atoms with van der Waals surface area (Å²) in [4.78, 5) is 0. The minimum absolute atomic E-state index is 0.361. The summed E-state index contributed by atoms with van der Waals surface area (Å²) in [5.74, 6) is 0.708. The van der Waals surface area contributed by atoms with Gasteiger partial charge in [0.1, 0.15) is 11.9 Å². The van der Waals surface area contributed by atoms with Gasteiger partial charge in [0, 0.05) is 10.0 Å². The summed E-state index contributed by atoms with van der Waals surface area (Å²) in [6.07, 6.45) is -0.855. The largest absolute Gasteiger partial charge is 0.497 e. The van der Waals surface area contributed by atoms with E-state index < -0.39 is 6.10 Å². The molecule has 2 aromatic carbocycles. The molecular weight excluding hydrogens is 351 g/mol. The van der Waals surface area contributed by atoms with Crippen LogP contribution < -0.4 is 4.74 Å². The first-order valence-corrected chi connectivity index (χ1v) is 7.05. The van der Waals surface area contributed by atoms with Crippen LogP contribution in [0.15, 0.2) is 40.9 Å². The summed E-state index contributed by atoms with van der Waals surface area (Å²) in [7, 11) is 1.59. The fourth-order valence-corrected chi connectivity index (χ4v) is 2.74. The van der Waals surface area contributed by atoms with E-state index >= 15 is 0 Å². The lowest BCUT2D eigenvalue weighted by Gasteiger charge is -2.16. The lowest BCUT2D eigenvalue weighted by atomic mass is 10.0. The van der Waals surface area contributed by atoms with Crippen molar-refractivity contribution in [1.29, 1.82) is 0 Å². The monoisotopic (exact) mass is 360 g/mol. The Morgan fingerprint density at radius 1 is 1.16 bits per heavy atom. The van der Waals surface area contributed by atoms with Crippen LogP contribution in [0.3, 0.4) is 0 Å². The van der Waals surface area contributed by atoms with E-state index in [1.807, 2.05) is 0 Å². The van der Waals surface area contributed by atoms with Crippen LogP contribution in [0.1, 0.15) is 17.2 Å². The van der Waals surface area contributed by atoms with Crippen molar-refractivity contribution in [3.63, 3.8) is 0 Å². The fraction of sp³-hybridized carbons (Fsp3) is 0.143. The van der Waals surface area contributed by atoms with Gasteiger partial charge >= 0.3 is 0 Å². The molecule has 1 atom stereocenters. The second-order valence-electron chi connectivity index (χ2n) is 3.93. The highest BCUT2D eigenvalue weighted by Crippen LogP contribution is 2.36. The van der Waals surface area contributed by atoms with Gasteiger partial charge in [-0.05, 0) is 23.8 Å². The van der Waals surface area contributed by atoms with Crippen LogP contribution in [0.5, 0.6) is 5.75 Å². The molecule has 0 aromatic heterocycles. The fourth-order valence-electron chi connectivity index (χ4n) is 1.76. The summed E-state index contributed by atoms with van der Waals surface area (Å²) < 4.78 is 5.87. The van der Waals surface area contributed by atoms with Crippen molar-refractivity contribution >= 4 is 39.1 Å². The third-order valence-corrected chi connectivity index (χ3v) is 4.30. The van der Waals surface area contributed by atoms with Gasteiger partial charge in [-0.1, -0.05) is 57.3 Å². The standard InChI is InChI=1S/C14H11BrCl2O2/c1-19-8-5-6-9(11(15)7-8)14(18)10-3-2-4-12(16)13(10)17/h2-7,14,18H,1H3. The molecule has 100 valence electrons. The molecule has 0 aliphatic heterocycles. The summed E-state index contributed by atoms with van der Waals surface area (Å²) in [5, 5.41) is 11.2. The number of hydrogen-bond acceptors (Lipinski definition) is 2. The summed E-state index contributed by atoms with van der Waals surface area (Å²) in [5.41, 5.74) is 1.27. The first-order valence-electron chi connectivity index (χ1n) is 5.50. The van der Waals surface area contributed by atoms with Crippen LogP contribution in [0, 0.1) is 0 Å². The molecule has 0 saturated carbocycles. The third-order valence-electron chi connectivity index (χ3n) is 2.78. The summed E-state index contributed by atoms with van der Waals surface area (Å²) in [6.45, 7) is 0. The Hall–Kier alpha value is -0.740. The average Bonchev–Trinajstić information content (AvgIpc) is 2.41. The zero-order chi connectivity index (χ0) is 14.0. The number of ether oxygens (including phenoxy) is 1. The zero-order valence-corrected chi connectivity index (χ0v) is 13.1. The van der Waals surface area contributed by atoms with Gasteiger partial charge in [0.2, 0.25) is 0 Å². The number of hydrogen-bond donors (Lipinski definition) is 1. The summed E-state index contributed by atoms with van der Waals surface area (Å²) >= 11 is 15.5. The molecule has 2 aromatic rings. The van der Waals surface area contributed by atoms with Gasteiger partial charge in [-0.2, -0.15) is 0 Å². The molecule has 0 radical (unpaired) electrons. The number of halogens is 3. The summed E-state index contributed by atoms with van der Waals surface area (Å²) in [6, 6.07) is 10.5. The van der Waals surface area contributed by atoms with E-state index in [4.69, 9.17) is 27.9 Å². The molecule has 0 fully saturated rings. The minimum Gasteiger partial charge on any atom is -0.497 e. The molecule has 0 amide bonds. The molecule has 0 heterocycles. The molecule has 0 bridgehead atoms. The van der Waals surface area contributed by atoms with E-state index in [1.165, 1.54) is 0 Å². The molecule has 19 heavy (non-hydrogen) atoms. The van der Waals surface area contributed by atoms with E-state index in [0.717, 1.165) is 4.47 Å². The van der Waals surface area contributed by atoms with Crippen LogP contribution in [-0.4, -0.2) is 12.2 Å². The van der Waals surface area contributed by atoms with Gasteiger partial charge in [-0.15, -0.1) is 0 Å². The SMILES string of the molecule is COc1ccc(C(O)c2cccc(Cl)c2Cl)c(Br)c1. The molecule has 0 saturated heterocycles. The second kappa shape index (κ2) is 6.14. The van der Waals surface area contributed by atoms with Gasteiger partial charge < -0.3 is 9.84 Å².